The van der Waals surface area contributed by atoms with Crippen LogP contribution in [0.15, 0.2) is 30.6 Å². The zero-order valence-corrected chi connectivity index (χ0v) is 10.1. The molecule has 7 heteroatoms. The summed E-state index contributed by atoms with van der Waals surface area (Å²) in [6.07, 6.45) is 1.93. The van der Waals surface area contributed by atoms with Gasteiger partial charge in [-0.3, -0.25) is 4.79 Å². The van der Waals surface area contributed by atoms with Gasteiger partial charge in [0.25, 0.3) is 0 Å². The number of halogens is 1. The Bertz CT molecular complexity index is 570. The van der Waals surface area contributed by atoms with Crippen LogP contribution < -0.4 is 10.5 Å². The number of hydrogen-bond acceptors (Lipinski definition) is 5. The SMILES string of the molecule is Nc1ncn(C(=O)CCCOc2ccccc2F)n1. The highest BCUT2D eigenvalue weighted by molar-refractivity contribution is 5.77. The number of anilines is 1. The largest absolute Gasteiger partial charge is 0.491 e. The molecule has 6 nitrogen and oxygen atoms in total. The number of hydrogen-bond donors (Lipinski definition) is 1. The van der Waals surface area contributed by atoms with E-state index in [9.17, 15) is 9.18 Å². The lowest BCUT2D eigenvalue weighted by Crippen LogP contribution is -2.13. The molecule has 0 unspecified atom stereocenters. The molecule has 0 fully saturated rings. The van der Waals surface area contributed by atoms with Gasteiger partial charge in [0, 0.05) is 6.42 Å². The van der Waals surface area contributed by atoms with Gasteiger partial charge >= 0.3 is 0 Å². The predicted octanol–water partition coefficient (Wildman–Crippen LogP) is 1.50. The first-order valence-corrected chi connectivity index (χ1v) is 5.74. The summed E-state index contributed by atoms with van der Waals surface area (Å²) >= 11 is 0. The van der Waals surface area contributed by atoms with Crippen LogP contribution in [-0.4, -0.2) is 27.3 Å². The van der Waals surface area contributed by atoms with Crippen molar-refractivity contribution in [2.24, 2.45) is 0 Å². The van der Waals surface area contributed by atoms with Gasteiger partial charge in [-0.1, -0.05) is 12.1 Å². The van der Waals surface area contributed by atoms with E-state index in [1.165, 1.54) is 18.5 Å². The first kappa shape index (κ1) is 13.0. The fourth-order valence-electron chi connectivity index (χ4n) is 1.48. The maximum absolute atomic E-state index is 13.2. The minimum Gasteiger partial charge on any atom is -0.491 e. The quantitative estimate of drug-likeness (QED) is 0.827. The van der Waals surface area contributed by atoms with Gasteiger partial charge in [-0.2, -0.15) is 4.68 Å². The molecule has 0 aliphatic rings. The van der Waals surface area contributed by atoms with Gasteiger partial charge in [-0.25, -0.2) is 9.37 Å². The second-order valence-electron chi connectivity index (χ2n) is 3.82. The molecule has 2 N–H and O–H groups in total. The predicted molar refractivity (Wildman–Crippen MR) is 66.2 cm³/mol. The number of carbonyl (C=O) groups is 1. The third-order valence-electron chi connectivity index (χ3n) is 2.39. The van der Waals surface area contributed by atoms with Crippen molar-refractivity contribution in [2.45, 2.75) is 12.8 Å². The van der Waals surface area contributed by atoms with Gasteiger partial charge in [0.05, 0.1) is 6.61 Å². The Hall–Kier alpha value is -2.44. The number of rotatable bonds is 5. The fraction of sp³-hybridized carbons (Fsp3) is 0.250. The first-order chi connectivity index (χ1) is 9.16. The highest BCUT2D eigenvalue weighted by Gasteiger charge is 2.07. The van der Waals surface area contributed by atoms with E-state index in [4.69, 9.17) is 10.5 Å². The van der Waals surface area contributed by atoms with Crippen molar-refractivity contribution < 1.29 is 13.9 Å². The van der Waals surface area contributed by atoms with Gasteiger partial charge in [0.15, 0.2) is 11.6 Å². The Morgan fingerprint density at radius 2 is 2.21 bits per heavy atom. The molecule has 1 heterocycles. The minimum atomic E-state index is -0.419. The van der Waals surface area contributed by atoms with Gasteiger partial charge in [0.1, 0.15) is 6.33 Å². The van der Waals surface area contributed by atoms with E-state index in [1.807, 2.05) is 0 Å². The topological polar surface area (TPSA) is 83.0 Å². The summed E-state index contributed by atoms with van der Waals surface area (Å²) in [5.74, 6) is -0.421. The van der Waals surface area contributed by atoms with Gasteiger partial charge in [-0.05, 0) is 18.6 Å². The number of benzene rings is 1. The molecular formula is C12H13FN4O2. The van der Waals surface area contributed by atoms with E-state index in [0.29, 0.717) is 6.42 Å². The monoisotopic (exact) mass is 264 g/mol. The molecule has 19 heavy (non-hydrogen) atoms. The average Bonchev–Trinajstić information content (AvgIpc) is 2.83. The van der Waals surface area contributed by atoms with Crippen LogP contribution in [0.4, 0.5) is 10.3 Å². The molecule has 100 valence electrons. The van der Waals surface area contributed by atoms with E-state index in [1.54, 1.807) is 12.1 Å². The number of para-hydroxylation sites is 1. The fourth-order valence-corrected chi connectivity index (χ4v) is 1.48. The minimum absolute atomic E-state index is 0.0518. The lowest BCUT2D eigenvalue weighted by Gasteiger charge is -2.06. The Morgan fingerprint density at radius 3 is 2.89 bits per heavy atom. The van der Waals surface area contributed by atoms with Crippen LogP contribution in [-0.2, 0) is 0 Å². The van der Waals surface area contributed by atoms with Crippen molar-refractivity contribution in [3.8, 4) is 5.75 Å². The molecule has 1 aromatic carbocycles. The molecule has 0 saturated carbocycles. The van der Waals surface area contributed by atoms with Crippen molar-refractivity contribution >= 4 is 11.9 Å². The van der Waals surface area contributed by atoms with E-state index in [0.717, 1.165) is 4.68 Å². The van der Waals surface area contributed by atoms with Crippen LogP contribution in [0.2, 0.25) is 0 Å². The molecule has 0 bridgehead atoms. The van der Waals surface area contributed by atoms with E-state index < -0.39 is 5.82 Å². The van der Waals surface area contributed by atoms with Crippen molar-refractivity contribution in [2.75, 3.05) is 12.3 Å². The molecule has 0 saturated heterocycles. The number of ether oxygens (including phenoxy) is 1. The molecule has 0 aliphatic carbocycles. The van der Waals surface area contributed by atoms with Crippen LogP contribution in [0.25, 0.3) is 0 Å². The maximum Gasteiger partial charge on any atom is 0.248 e. The first-order valence-electron chi connectivity index (χ1n) is 5.74. The van der Waals surface area contributed by atoms with Crippen LogP contribution in [0.5, 0.6) is 5.75 Å². The van der Waals surface area contributed by atoms with E-state index >= 15 is 0 Å². The number of nitrogens with zero attached hydrogens (tertiary/aromatic N) is 3. The summed E-state index contributed by atoms with van der Waals surface area (Å²) in [6.45, 7) is 0.247. The second kappa shape index (κ2) is 5.94. The normalized spacial score (nSPS) is 10.4. The van der Waals surface area contributed by atoms with Crippen molar-refractivity contribution in [1.82, 2.24) is 14.8 Å². The van der Waals surface area contributed by atoms with Gasteiger partial charge < -0.3 is 10.5 Å². The Labute approximate surface area is 109 Å². The molecule has 2 aromatic rings. The Morgan fingerprint density at radius 1 is 1.42 bits per heavy atom. The van der Waals surface area contributed by atoms with Crippen molar-refractivity contribution in [3.63, 3.8) is 0 Å². The van der Waals surface area contributed by atoms with Crippen LogP contribution in [0, 0.1) is 5.82 Å². The molecule has 0 atom stereocenters. The summed E-state index contributed by atoms with van der Waals surface area (Å²) in [6, 6.07) is 6.12. The number of aromatic nitrogens is 3. The van der Waals surface area contributed by atoms with Crippen LogP contribution >= 0.6 is 0 Å². The Balaban J connectivity index is 1.75. The average molecular weight is 264 g/mol. The smallest absolute Gasteiger partial charge is 0.248 e. The maximum atomic E-state index is 13.2. The van der Waals surface area contributed by atoms with Crippen LogP contribution in [0.1, 0.15) is 17.6 Å². The van der Waals surface area contributed by atoms with Crippen molar-refractivity contribution in [3.05, 3.63) is 36.4 Å². The zero-order chi connectivity index (χ0) is 13.7. The highest BCUT2D eigenvalue weighted by atomic mass is 19.1. The molecular weight excluding hydrogens is 251 g/mol. The zero-order valence-electron chi connectivity index (χ0n) is 10.1. The summed E-state index contributed by atoms with van der Waals surface area (Å²) in [7, 11) is 0. The molecule has 0 aliphatic heterocycles. The Kier molecular flexibility index (Phi) is 4.07. The van der Waals surface area contributed by atoms with Gasteiger partial charge in [-0.15, -0.1) is 5.10 Å². The van der Waals surface area contributed by atoms with Crippen LogP contribution in [0.3, 0.4) is 0 Å². The second-order valence-corrected chi connectivity index (χ2v) is 3.82. The third-order valence-corrected chi connectivity index (χ3v) is 2.39. The summed E-state index contributed by atoms with van der Waals surface area (Å²) < 4.78 is 19.5. The van der Waals surface area contributed by atoms with E-state index in [-0.39, 0.29) is 30.6 Å². The highest BCUT2D eigenvalue weighted by Crippen LogP contribution is 2.15. The molecule has 2 rings (SSSR count). The summed E-state index contributed by atoms with van der Waals surface area (Å²) in [4.78, 5) is 15.3. The molecule has 0 radical (unpaired) electrons. The standard InChI is InChI=1S/C12H13FN4O2/c13-9-4-1-2-5-10(9)19-7-3-6-11(18)17-8-15-12(14)16-17/h1-2,4-5,8H,3,6-7H2,(H2,14,16). The summed E-state index contributed by atoms with van der Waals surface area (Å²) in [5, 5.41) is 3.69. The van der Waals surface area contributed by atoms with Crippen molar-refractivity contribution in [1.29, 1.82) is 0 Å². The molecule has 0 spiro atoms. The number of nitrogen functional groups attached to an aromatic ring is 1. The molecule has 1 aromatic heterocycles. The van der Waals surface area contributed by atoms with Gasteiger partial charge in [0.2, 0.25) is 11.9 Å². The lowest BCUT2D eigenvalue weighted by molar-refractivity contribution is 0.0877. The van der Waals surface area contributed by atoms with E-state index in [2.05, 4.69) is 10.1 Å². The summed E-state index contributed by atoms with van der Waals surface area (Å²) in [5.41, 5.74) is 5.30. The lowest BCUT2D eigenvalue weighted by atomic mass is 10.3. The number of nitrogens with two attached hydrogens (primary N) is 1. The molecule has 0 amide bonds. The third kappa shape index (κ3) is 3.51. The number of carbonyl (C=O) groups excluding carboxylic acids is 1.